The zero-order valence-electron chi connectivity index (χ0n) is 21.0. The van der Waals surface area contributed by atoms with Crippen molar-refractivity contribution < 1.29 is 0 Å². The number of benzene rings is 2. The second-order valence-corrected chi connectivity index (χ2v) is 9.66. The molecule has 2 aromatic heterocycles. The molecule has 1 unspecified atom stereocenters. The maximum atomic E-state index is 13.9. The molecule has 1 atom stereocenters. The number of aromatic nitrogens is 4. The Labute approximate surface area is 213 Å². The third kappa shape index (κ3) is 3.84. The van der Waals surface area contributed by atoms with Gasteiger partial charge in [-0.15, -0.1) is 0 Å². The van der Waals surface area contributed by atoms with Crippen LogP contribution in [0.15, 0.2) is 63.1 Å². The first-order chi connectivity index (χ1) is 18.0. The van der Waals surface area contributed by atoms with Gasteiger partial charge in [0.15, 0.2) is 11.2 Å². The number of aliphatic imine (C=N–C) groups is 1. The highest BCUT2D eigenvalue weighted by molar-refractivity contribution is 6.04. The largest absolute Gasteiger partial charge is 0.342 e. The highest BCUT2D eigenvalue weighted by atomic mass is 16.2. The summed E-state index contributed by atoms with van der Waals surface area (Å²) in [5.74, 6) is 1.20. The Kier molecular flexibility index (Phi) is 5.68. The molecule has 10 heteroatoms. The minimum Gasteiger partial charge on any atom is -0.342 e. The summed E-state index contributed by atoms with van der Waals surface area (Å²) in [6, 6.07) is 15.9. The van der Waals surface area contributed by atoms with Crippen LogP contribution in [0.5, 0.6) is 0 Å². The summed E-state index contributed by atoms with van der Waals surface area (Å²) in [6.45, 7) is 4.02. The maximum Gasteiger partial charge on any atom is 0.332 e. The van der Waals surface area contributed by atoms with Gasteiger partial charge in [-0.05, 0) is 31.9 Å². The third-order valence-electron chi connectivity index (χ3n) is 7.23. The van der Waals surface area contributed by atoms with Crippen LogP contribution >= 0.6 is 0 Å². The summed E-state index contributed by atoms with van der Waals surface area (Å²) >= 11 is 0. The summed E-state index contributed by atoms with van der Waals surface area (Å²) in [7, 11) is 1.66. The number of hydrogen-bond donors (Lipinski definition) is 2. The van der Waals surface area contributed by atoms with E-state index >= 15 is 0 Å². The van der Waals surface area contributed by atoms with Crippen molar-refractivity contribution in [2.24, 2.45) is 17.8 Å². The average molecular weight is 499 g/mol. The summed E-state index contributed by atoms with van der Waals surface area (Å²) in [4.78, 5) is 39.0. The van der Waals surface area contributed by atoms with Crippen molar-refractivity contribution >= 4 is 34.3 Å². The fraction of sp³-hybridized carbons (Fsp3) is 0.333. The number of amidine groups is 1. The molecule has 0 saturated carbocycles. The molecule has 0 amide bonds. The summed E-state index contributed by atoms with van der Waals surface area (Å²) in [5.41, 5.74) is 9.86. The Morgan fingerprint density at radius 3 is 2.59 bits per heavy atom. The van der Waals surface area contributed by atoms with Gasteiger partial charge in [-0.2, -0.15) is 4.98 Å². The standard InChI is InChI=1S/C27H30N8O2/c1-3-34-23-24(31-26(34)33-14-8-9-17(28)15-33)32(2)27(37)35(25(23)36)16-22-29-20-12-6-4-10-18(20)19-11-5-7-13-21(19)30-22/h4-7,10-13,17H,3,8-9,14-16,28H2,1-2H3,(H,29,30). The van der Waals surface area contributed by atoms with E-state index in [0.717, 1.165) is 41.9 Å². The lowest BCUT2D eigenvalue weighted by Crippen LogP contribution is -2.44. The minimum atomic E-state index is -0.435. The highest BCUT2D eigenvalue weighted by Crippen LogP contribution is 2.37. The van der Waals surface area contributed by atoms with Gasteiger partial charge < -0.3 is 20.5 Å². The lowest BCUT2D eigenvalue weighted by molar-refractivity contribution is 0.494. The Bertz CT molecular complexity index is 1660. The van der Waals surface area contributed by atoms with Gasteiger partial charge in [-0.25, -0.2) is 9.79 Å². The van der Waals surface area contributed by atoms with Crippen molar-refractivity contribution in [2.45, 2.75) is 38.9 Å². The van der Waals surface area contributed by atoms with Crippen molar-refractivity contribution in [2.75, 3.05) is 23.3 Å². The third-order valence-corrected chi connectivity index (χ3v) is 7.23. The SMILES string of the molecule is CCn1c(N2CCCC(N)C2)nc2c1c(=O)n(CC1=Nc3ccccc3-c3ccccc3N1)c(=O)n2C. The normalized spacial score (nSPS) is 17.1. The number of nitrogens with zero attached hydrogens (tertiary/aromatic N) is 6. The van der Waals surface area contributed by atoms with Crippen LogP contribution in [-0.4, -0.2) is 43.7 Å². The number of aryl methyl sites for hydroxylation is 2. The topological polar surface area (TPSA) is 115 Å². The first-order valence-corrected chi connectivity index (χ1v) is 12.7. The number of rotatable bonds is 4. The van der Waals surface area contributed by atoms with Crippen LogP contribution in [0.25, 0.3) is 22.3 Å². The summed E-state index contributed by atoms with van der Waals surface area (Å²) < 4.78 is 4.60. The van der Waals surface area contributed by atoms with E-state index in [1.165, 1.54) is 9.13 Å². The fourth-order valence-corrected chi connectivity index (χ4v) is 5.41. The summed E-state index contributed by atoms with van der Waals surface area (Å²) in [6.07, 6.45) is 1.93. The van der Waals surface area contributed by atoms with Crippen molar-refractivity contribution in [3.8, 4) is 11.1 Å². The van der Waals surface area contributed by atoms with E-state index in [1.54, 1.807) is 7.05 Å². The molecule has 0 aliphatic carbocycles. The molecule has 0 radical (unpaired) electrons. The molecule has 6 rings (SSSR count). The van der Waals surface area contributed by atoms with Crippen LogP contribution in [0.3, 0.4) is 0 Å². The van der Waals surface area contributed by atoms with Crippen molar-refractivity contribution in [1.82, 2.24) is 18.7 Å². The molecule has 2 aliphatic heterocycles. The van der Waals surface area contributed by atoms with Crippen LogP contribution in [0.4, 0.5) is 17.3 Å². The molecular weight excluding hydrogens is 468 g/mol. The predicted molar refractivity (Wildman–Crippen MR) is 147 cm³/mol. The second kappa shape index (κ2) is 9.04. The molecule has 4 heterocycles. The van der Waals surface area contributed by atoms with Gasteiger partial charge in [-0.3, -0.25) is 13.9 Å². The van der Waals surface area contributed by atoms with Crippen LogP contribution in [0.2, 0.25) is 0 Å². The molecule has 10 nitrogen and oxygen atoms in total. The Balaban J connectivity index is 1.48. The van der Waals surface area contributed by atoms with Gasteiger partial charge in [0, 0.05) is 49.5 Å². The van der Waals surface area contributed by atoms with Crippen LogP contribution in [0.1, 0.15) is 19.8 Å². The lowest BCUT2D eigenvalue weighted by Gasteiger charge is -2.31. The van der Waals surface area contributed by atoms with Gasteiger partial charge in [0.05, 0.1) is 12.2 Å². The number of anilines is 2. The monoisotopic (exact) mass is 498 g/mol. The van der Waals surface area contributed by atoms with Crippen molar-refractivity contribution in [1.29, 1.82) is 0 Å². The first kappa shape index (κ1) is 23.2. The molecular formula is C27H30N8O2. The molecule has 2 aromatic carbocycles. The fourth-order valence-electron chi connectivity index (χ4n) is 5.41. The summed E-state index contributed by atoms with van der Waals surface area (Å²) in [5, 5.41) is 3.36. The number of nitrogens with one attached hydrogen (secondary N) is 1. The Morgan fingerprint density at radius 2 is 1.81 bits per heavy atom. The van der Waals surface area contributed by atoms with E-state index in [2.05, 4.69) is 10.2 Å². The zero-order chi connectivity index (χ0) is 25.7. The number of fused-ring (bicyclic) bond motifs is 4. The zero-order valence-corrected chi connectivity index (χ0v) is 21.0. The molecule has 1 fully saturated rings. The van der Waals surface area contributed by atoms with Crippen LogP contribution < -0.4 is 27.2 Å². The van der Waals surface area contributed by atoms with Gasteiger partial charge in [-0.1, -0.05) is 36.4 Å². The molecule has 4 aromatic rings. The van der Waals surface area contributed by atoms with E-state index in [4.69, 9.17) is 15.7 Å². The average Bonchev–Trinajstić information content (AvgIpc) is 3.22. The van der Waals surface area contributed by atoms with E-state index < -0.39 is 5.69 Å². The van der Waals surface area contributed by atoms with Gasteiger partial charge in [0.2, 0.25) is 5.95 Å². The smallest absolute Gasteiger partial charge is 0.332 e. The Hall–Kier alpha value is -4.18. The van der Waals surface area contributed by atoms with Crippen molar-refractivity contribution in [3.63, 3.8) is 0 Å². The van der Waals surface area contributed by atoms with E-state index in [9.17, 15) is 9.59 Å². The number of para-hydroxylation sites is 2. The maximum absolute atomic E-state index is 13.9. The number of hydrogen-bond acceptors (Lipinski definition) is 7. The number of piperidine rings is 1. The number of imidazole rings is 1. The first-order valence-electron chi connectivity index (χ1n) is 12.7. The lowest BCUT2D eigenvalue weighted by atomic mass is 10.0. The van der Waals surface area contributed by atoms with Gasteiger partial charge >= 0.3 is 5.69 Å². The van der Waals surface area contributed by atoms with Gasteiger partial charge in [0.25, 0.3) is 5.56 Å². The van der Waals surface area contributed by atoms with E-state index in [-0.39, 0.29) is 18.1 Å². The Morgan fingerprint density at radius 1 is 1.05 bits per heavy atom. The molecule has 3 N–H and O–H groups in total. The quantitative estimate of drug-likeness (QED) is 0.447. The second-order valence-electron chi connectivity index (χ2n) is 9.66. The number of nitrogens with two attached hydrogens (primary N) is 1. The van der Waals surface area contributed by atoms with Crippen molar-refractivity contribution in [3.05, 3.63) is 69.4 Å². The molecule has 0 bridgehead atoms. The van der Waals surface area contributed by atoms with Crippen LogP contribution in [0, 0.1) is 0 Å². The minimum absolute atomic E-state index is 0.00291. The van der Waals surface area contributed by atoms with Gasteiger partial charge in [0.1, 0.15) is 5.84 Å². The molecule has 37 heavy (non-hydrogen) atoms. The van der Waals surface area contributed by atoms with Crippen LogP contribution in [-0.2, 0) is 20.1 Å². The molecule has 2 aliphatic rings. The molecule has 190 valence electrons. The van der Waals surface area contributed by atoms with E-state index in [0.29, 0.717) is 36.0 Å². The predicted octanol–water partition coefficient (Wildman–Crippen LogP) is 2.67. The highest BCUT2D eigenvalue weighted by Gasteiger charge is 2.26. The van der Waals surface area contributed by atoms with E-state index in [1.807, 2.05) is 60.0 Å². The molecule has 0 spiro atoms. The molecule has 1 saturated heterocycles.